The first-order valence-electron chi connectivity index (χ1n) is 7.26. The van der Waals surface area contributed by atoms with Crippen molar-refractivity contribution in [1.82, 2.24) is 0 Å². The number of fused-ring (bicyclic) bond motifs is 1. The van der Waals surface area contributed by atoms with Gasteiger partial charge in [0.25, 0.3) is 0 Å². The second-order valence-corrected chi connectivity index (χ2v) is 7.95. The highest BCUT2D eigenvalue weighted by atomic mass is 14.8. The van der Waals surface area contributed by atoms with E-state index in [0.29, 0.717) is 16.9 Å². The van der Waals surface area contributed by atoms with E-state index in [4.69, 9.17) is 6.57 Å². The maximum Gasteiger partial charge on any atom is 0.229 e. The summed E-state index contributed by atoms with van der Waals surface area (Å²) in [4.78, 5) is 3.95. The van der Waals surface area contributed by atoms with Gasteiger partial charge in [0.15, 0.2) is 0 Å². The summed E-state index contributed by atoms with van der Waals surface area (Å²) in [5, 5.41) is 0. The molecular weight excluding hydrogens is 206 g/mol. The number of nitrogens with zero attached hydrogens (tertiary/aromatic N) is 1. The molecule has 4 rings (SSSR count). The van der Waals surface area contributed by atoms with Crippen molar-refractivity contribution >= 4 is 0 Å². The molecule has 4 aliphatic carbocycles. The minimum Gasteiger partial charge on any atom is -0.313 e. The van der Waals surface area contributed by atoms with Gasteiger partial charge < -0.3 is 4.85 Å². The van der Waals surface area contributed by atoms with Gasteiger partial charge in [0.2, 0.25) is 6.04 Å². The fourth-order valence-electron chi connectivity index (χ4n) is 5.86. The Morgan fingerprint density at radius 2 is 1.88 bits per heavy atom. The van der Waals surface area contributed by atoms with E-state index < -0.39 is 0 Å². The molecule has 1 heteroatoms. The topological polar surface area (TPSA) is 4.36 Å². The van der Waals surface area contributed by atoms with Crippen LogP contribution in [-0.4, -0.2) is 6.04 Å². The molecule has 1 nitrogen and oxygen atoms in total. The second kappa shape index (κ2) is 3.28. The Hall–Kier alpha value is -0.510. The van der Waals surface area contributed by atoms with E-state index in [2.05, 4.69) is 32.5 Å². The Bertz CT molecular complexity index is 379. The van der Waals surface area contributed by atoms with Crippen molar-refractivity contribution in [2.45, 2.75) is 59.4 Å². The monoisotopic (exact) mass is 231 g/mol. The van der Waals surface area contributed by atoms with E-state index in [9.17, 15) is 0 Å². The molecule has 0 aliphatic heterocycles. The average Bonchev–Trinajstić information content (AvgIpc) is 2.43. The molecule has 0 amide bonds. The first kappa shape index (κ1) is 11.6. The molecule has 0 spiro atoms. The van der Waals surface area contributed by atoms with Gasteiger partial charge in [0, 0.05) is 11.8 Å². The van der Waals surface area contributed by atoms with Gasteiger partial charge >= 0.3 is 0 Å². The summed E-state index contributed by atoms with van der Waals surface area (Å²) in [6.45, 7) is 17.2. The van der Waals surface area contributed by atoms with Crippen molar-refractivity contribution < 1.29 is 0 Å². The first-order valence-corrected chi connectivity index (χ1v) is 7.26. The zero-order valence-electron chi connectivity index (χ0n) is 11.7. The molecule has 0 N–H and O–H groups in total. The highest BCUT2D eigenvalue weighted by Crippen LogP contribution is 2.70. The molecule has 0 unspecified atom stereocenters. The fourth-order valence-corrected chi connectivity index (χ4v) is 5.86. The van der Waals surface area contributed by atoms with Gasteiger partial charge in [-0.05, 0) is 48.3 Å². The summed E-state index contributed by atoms with van der Waals surface area (Å²) < 4.78 is 0. The van der Waals surface area contributed by atoms with Crippen molar-refractivity contribution in [3.8, 4) is 0 Å². The SMILES string of the molecule is [C-]#[N+][C@@H]1C[C@H]2[C@H]3C[C@]1(C)C[C@]2(C)C[C@@H]3C(C)C. The molecule has 0 aromatic carbocycles. The molecule has 6 atom stereocenters. The van der Waals surface area contributed by atoms with Crippen molar-refractivity contribution in [2.24, 2.45) is 34.5 Å². The normalized spacial score (nSPS) is 56.2. The third kappa shape index (κ3) is 1.36. The maximum atomic E-state index is 7.45. The molecule has 0 saturated heterocycles. The zero-order valence-corrected chi connectivity index (χ0v) is 11.7. The molecule has 0 radical (unpaired) electrons. The summed E-state index contributed by atoms with van der Waals surface area (Å²) in [6.07, 6.45) is 5.28. The Morgan fingerprint density at radius 1 is 1.18 bits per heavy atom. The molecule has 17 heavy (non-hydrogen) atoms. The fraction of sp³-hybridized carbons (Fsp3) is 0.938. The average molecular weight is 231 g/mol. The van der Waals surface area contributed by atoms with E-state index in [1.54, 1.807) is 0 Å². The second-order valence-electron chi connectivity index (χ2n) is 7.95. The Kier molecular flexibility index (Phi) is 2.23. The highest BCUT2D eigenvalue weighted by molar-refractivity contribution is 5.17. The van der Waals surface area contributed by atoms with Crippen LogP contribution in [0.15, 0.2) is 0 Å². The lowest BCUT2D eigenvalue weighted by atomic mass is 9.49. The quantitative estimate of drug-likeness (QED) is 0.589. The Morgan fingerprint density at radius 3 is 2.41 bits per heavy atom. The standard InChI is InChI=1S/C16H25N/c1-10(2)11-7-15(3)9-16(4)8-12(11)13(15)6-14(16)17-5/h10-14H,6-9H2,1-4H3/t11-,12+,13+,14-,15+,16-/m1/s1. The van der Waals surface area contributed by atoms with Crippen LogP contribution in [-0.2, 0) is 0 Å². The third-order valence-electron chi connectivity index (χ3n) is 6.47. The van der Waals surface area contributed by atoms with Gasteiger partial charge in [-0.25, -0.2) is 6.57 Å². The summed E-state index contributed by atoms with van der Waals surface area (Å²) in [5.41, 5.74) is 0.896. The maximum absolute atomic E-state index is 7.45. The number of hydrogen-bond acceptors (Lipinski definition) is 0. The Balaban J connectivity index is 1.98. The van der Waals surface area contributed by atoms with Crippen molar-refractivity contribution in [1.29, 1.82) is 0 Å². The van der Waals surface area contributed by atoms with Crippen LogP contribution in [0.4, 0.5) is 0 Å². The van der Waals surface area contributed by atoms with E-state index in [1.807, 2.05) is 0 Å². The largest absolute Gasteiger partial charge is 0.313 e. The van der Waals surface area contributed by atoms with E-state index in [-0.39, 0.29) is 0 Å². The molecule has 0 heterocycles. The molecule has 4 saturated carbocycles. The van der Waals surface area contributed by atoms with Crippen molar-refractivity contribution in [2.75, 3.05) is 0 Å². The third-order valence-corrected chi connectivity index (χ3v) is 6.47. The summed E-state index contributed by atoms with van der Waals surface area (Å²) in [5.74, 6) is 3.54. The minimum absolute atomic E-state index is 0.322. The van der Waals surface area contributed by atoms with Crippen molar-refractivity contribution in [3.05, 3.63) is 11.4 Å². The smallest absolute Gasteiger partial charge is 0.229 e. The highest BCUT2D eigenvalue weighted by Gasteiger charge is 2.66. The zero-order chi connectivity index (χ0) is 12.4. The Labute approximate surface area is 106 Å². The molecule has 0 aromatic rings. The van der Waals surface area contributed by atoms with Crippen molar-refractivity contribution in [3.63, 3.8) is 0 Å². The molecule has 4 aliphatic rings. The molecule has 0 aromatic heterocycles. The van der Waals surface area contributed by atoms with Crippen LogP contribution in [0.5, 0.6) is 0 Å². The summed E-state index contributed by atoms with van der Waals surface area (Å²) in [7, 11) is 0. The van der Waals surface area contributed by atoms with Gasteiger partial charge in [-0.1, -0.05) is 27.7 Å². The first-order chi connectivity index (χ1) is 7.89. The number of hydrogen-bond donors (Lipinski definition) is 0. The molecule has 94 valence electrons. The van der Waals surface area contributed by atoms with E-state index >= 15 is 0 Å². The predicted molar refractivity (Wildman–Crippen MR) is 70.4 cm³/mol. The van der Waals surface area contributed by atoms with Gasteiger partial charge in [0.1, 0.15) is 0 Å². The molecule has 4 fully saturated rings. The minimum atomic E-state index is 0.322. The van der Waals surface area contributed by atoms with Gasteiger partial charge in [-0.2, -0.15) is 0 Å². The lowest BCUT2D eigenvalue weighted by molar-refractivity contribution is -0.0497. The van der Waals surface area contributed by atoms with Gasteiger partial charge in [-0.15, -0.1) is 0 Å². The molecular formula is C16H25N. The van der Waals surface area contributed by atoms with Gasteiger partial charge in [-0.3, -0.25) is 0 Å². The molecule has 4 bridgehead atoms. The predicted octanol–water partition coefficient (Wildman–Crippen LogP) is 4.39. The van der Waals surface area contributed by atoms with E-state index in [1.165, 1.54) is 25.7 Å². The van der Waals surface area contributed by atoms with Crippen LogP contribution in [0.25, 0.3) is 4.85 Å². The van der Waals surface area contributed by atoms with Crippen LogP contribution < -0.4 is 0 Å². The van der Waals surface area contributed by atoms with Crippen LogP contribution in [0.3, 0.4) is 0 Å². The lowest BCUT2D eigenvalue weighted by Gasteiger charge is -2.54. The van der Waals surface area contributed by atoms with Crippen LogP contribution >= 0.6 is 0 Å². The van der Waals surface area contributed by atoms with Crippen LogP contribution in [0, 0.1) is 41.1 Å². The van der Waals surface area contributed by atoms with Crippen LogP contribution in [0.1, 0.15) is 53.4 Å². The van der Waals surface area contributed by atoms with Gasteiger partial charge in [0.05, 0.1) is 0 Å². The lowest BCUT2D eigenvalue weighted by Crippen LogP contribution is -2.52. The van der Waals surface area contributed by atoms with Crippen LogP contribution in [0.2, 0.25) is 0 Å². The number of rotatable bonds is 1. The summed E-state index contributed by atoms with van der Waals surface area (Å²) in [6, 6.07) is 0.322. The summed E-state index contributed by atoms with van der Waals surface area (Å²) >= 11 is 0. The van der Waals surface area contributed by atoms with E-state index in [0.717, 1.165) is 23.7 Å².